The summed E-state index contributed by atoms with van der Waals surface area (Å²) in [4.78, 5) is 0. The van der Waals surface area contributed by atoms with E-state index in [4.69, 9.17) is 0 Å². The van der Waals surface area contributed by atoms with Gasteiger partial charge >= 0.3 is 0 Å². The van der Waals surface area contributed by atoms with E-state index >= 15 is 0 Å². The van der Waals surface area contributed by atoms with E-state index in [9.17, 15) is 0 Å². The van der Waals surface area contributed by atoms with Crippen LogP contribution in [0.15, 0.2) is 169 Å². The predicted molar refractivity (Wildman–Crippen MR) is 242 cm³/mol. The second kappa shape index (κ2) is 13.4. The average Bonchev–Trinajstić information content (AvgIpc) is 3.85. The van der Waals surface area contributed by atoms with Crippen LogP contribution in [0.5, 0.6) is 0 Å². The molecule has 57 heavy (non-hydrogen) atoms. The maximum Gasteiger partial charge on any atom is 0.0541 e. The fourth-order valence-corrected chi connectivity index (χ4v) is 10.4. The van der Waals surface area contributed by atoms with Crippen LogP contribution in [-0.4, -0.2) is 9.13 Å². The number of para-hydroxylation sites is 4. The molecule has 0 spiro atoms. The molecule has 0 amide bonds. The molecule has 6 aromatic carbocycles. The van der Waals surface area contributed by atoms with Crippen LogP contribution in [0.3, 0.4) is 0 Å². The zero-order chi connectivity index (χ0) is 38.1. The fourth-order valence-electron chi connectivity index (χ4n) is 10.4. The third kappa shape index (κ3) is 5.61. The molecule has 0 saturated carbocycles. The van der Waals surface area contributed by atoms with E-state index in [1.54, 1.807) is 5.57 Å². The van der Waals surface area contributed by atoms with Crippen molar-refractivity contribution < 1.29 is 0 Å². The van der Waals surface area contributed by atoms with Crippen LogP contribution >= 0.6 is 0 Å². The maximum absolute atomic E-state index is 2.56. The van der Waals surface area contributed by atoms with E-state index < -0.39 is 0 Å². The van der Waals surface area contributed by atoms with Gasteiger partial charge in [-0.15, -0.1) is 0 Å². The lowest BCUT2D eigenvalue weighted by Gasteiger charge is -2.34. The highest BCUT2D eigenvalue weighted by atomic mass is 15.0. The average molecular weight is 735 g/mol. The molecule has 3 aliphatic rings. The molecular weight excluding hydrogens is 689 g/mol. The first-order chi connectivity index (χ1) is 28.0. The molecule has 2 unspecified atom stereocenters. The summed E-state index contributed by atoms with van der Waals surface area (Å²) < 4.78 is 4.85. The zero-order valence-electron chi connectivity index (χ0n) is 32.7. The van der Waals surface area contributed by atoms with E-state index in [0.717, 1.165) is 19.3 Å². The first-order valence-electron chi connectivity index (χ1n) is 20.7. The van der Waals surface area contributed by atoms with Crippen molar-refractivity contribution in [3.63, 3.8) is 0 Å². The lowest BCUT2D eigenvalue weighted by atomic mass is 9.70. The zero-order valence-corrected chi connectivity index (χ0v) is 32.7. The van der Waals surface area contributed by atoms with Gasteiger partial charge in [-0.25, -0.2) is 0 Å². The largest absolute Gasteiger partial charge is 0.313 e. The van der Waals surface area contributed by atoms with Crippen molar-refractivity contribution in [1.29, 1.82) is 0 Å². The summed E-state index contributed by atoms with van der Waals surface area (Å²) in [6.07, 6.45) is 19.0. The standard InChI is InChI=1S/C55H46N2/c1-55(2)49-35-39(23-21-37-27-31-53-47(33-37)45-17-9-11-19-51(45)56(53)41-13-5-3-6-14-41)25-29-43(49)44-30-26-40(36-50(44)55)24-22-38-28-32-54-48(34-38)46-18-10-12-20-52(46)57(54)42-15-7-4-8-16-42/h3-25,27,29-31,33-35,40,50H,26,28,32,36H2,1-2H3/b23-21+,24-22+. The molecule has 2 nitrogen and oxygen atoms in total. The maximum atomic E-state index is 2.56. The van der Waals surface area contributed by atoms with Crippen LogP contribution in [0, 0.1) is 11.8 Å². The summed E-state index contributed by atoms with van der Waals surface area (Å²) in [5, 5.41) is 3.92. The molecule has 2 aromatic heterocycles. The lowest BCUT2D eigenvalue weighted by Crippen LogP contribution is -2.27. The Kier molecular flexibility index (Phi) is 7.96. The highest BCUT2D eigenvalue weighted by Gasteiger charge is 2.44. The fraction of sp³-hybridized carbons (Fsp3) is 0.164. The number of rotatable bonds is 6. The molecule has 0 bridgehead atoms. The quantitative estimate of drug-likeness (QED) is 0.151. The molecule has 0 aliphatic heterocycles. The molecule has 2 heteroatoms. The van der Waals surface area contributed by atoms with Crippen LogP contribution in [0.1, 0.15) is 66.6 Å². The molecule has 0 saturated heterocycles. The molecule has 2 atom stereocenters. The number of benzene rings is 6. The molecular formula is C55H46N2. The number of nitrogens with zero attached hydrogens (tertiary/aromatic N) is 2. The highest BCUT2D eigenvalue weighted by Crippen LogP contribution is 2.55. The summed E-state index contributed by atoms with van der Waals surface area (Å²) in [6, 6.07) is 53.2. The van der Waals surface area contributed by atoms with Gasteiger partial charge in [0.05, 0.1) is 16.6 Å². The minimum atomic E-state index is 0.0774. The van der Waals surface area contributed by atoms with Crippen LogP contribution in [0.4, 0.5) is 0 Å². The minimum absolute atomic E-state index is 0.0774. The van der Waals surface area contributed by atoms with E-state index in [1.165, 1.54) is 89.6 Å². The Hall–Kier alpha value is -6.38. The molecule has 8 aromatic rings. The second-order valence-electron chi connectivity index (χ2n) is 16.9. The van der Waals surface area contributed by atoms with Gasteiger partial charge in [-0.05, 0) is 131 Å². The van der Waals surface area contributed by atoms with Gasteiger partial charge in [0.1, 0.15) is 0 Å². The minimum Gasteiger partial charge on any atom is -0.313 e. The molecule has 3 aliphatic carbocycles. The highest BCUT2D eigenvalue weighted by molar-refractivity contribution is 6.10. The van der Waals surface area contributed by atoms with E-state index in [0.29, 0.717) is 11.8 Å². The second-order valence-corrected chi connectivity index (χ2v) is 16.9. The van der Waals surface area contributed by atoms with Gasteiger partial charge in [-0.2, -0.15) is 0 Å². The van der Waals surface area contributed by atoms with Crippen LogP contribution < -0.4 is 0 Å². The monoisotopic (exact) mass is 734 g/mol. The van der Waals surface area contributed by atoms with Gasteiger partial charge in [0.15, 0.2) is 0 Å². The van der Waals surface area contributed by atoms with E-state index in [1.807, 2.05) is 0 Å². The van der Waals surface area contributed by atoms with Crippen LogP contribution in [0.25, 0.3) is 67.9 Å². The van der Waals surface area contributed by atoms with Crippen molar-refractivity contribution in [2.24, 2.45) is 11.8 Å². The SMILES string of the molecule is CC1(C)c2cc(/C=C/c3ccc4c(c3)c3ccccc3n4-c3ccccc3)ccc2C2=CCC(/C=C/C3=Cc4c(n(-c5ccccc5)c5ccccc45)CC3)CC21. The Morgan fingerprint density at radius 2 is 1.21 bits per heavy atom. The van der Waals surface area contributed by atoms with Crippen molar-refractivity contribution in [2.45, 2.75) is 44.9 Å². The normalized spacial score (nSPS) is 18.6. The molecule has 0 N–H and O–H groups in total. The van der Waals surface area contributed by atoms with Crippen molar-refractivity contribution in [3.05, 3.63) is 203 Å². The number of hydrogen-bond acceptors (Lipinski definition) is 0. The van der Waals surface area contributed by atoms with Gasteiger partial charge in [0.2, 0.25) is 0 Å². The third-order valence-corrected chi connectivity index (χ3v) is 13.2. The molecule has 0 fully saturated rings. The van der Waals surface area contributed by atoms with E-state index in [2.05, 4.69) is 205 Å². The first kappa shape index (κ1) is 33.9. The van der Waals surface area contributed by atoms with Crippen molar-refractivity contribution in [3.8, 4) is 11.4 Å². The van der Waals surface area contributed by atoms with Gasteiger partial charge < -0.3 is 9.13 Å². The smallest absolute Gasteiger partial charge is 0.0541 e. The van der Waals surface area contributed by atoms with E-state index in [-0.39, 0.29) is 5.41 Å². The number of hydrogen-bond donors (Lipinski definition) is 0. The van der Waals surface area contributed by atoms with Crippen LogP contribution in [-0.2, 0) is 11.8 Å². The molecule has 276 valence electrons. The number of fused-ring (bicyclic) bond motifs is 9. The Morgan fingerprint density at radius 3 is 1.98 bits per heavy atom. The lowest BCUT2D eigenvalue weighted by molar-refractivity contribution is 0.344. The summed E-state index contributed by atoms with van der Waals surface area (Å²) in [5.41, 5.74) is 17.5. The first-order valence-corrected chi connectivity index (χ1v) is 20.7. The van der Waals surface area contributed by atoms with Gasteiger partial charge in [0.25, 0.3) is 0 Å². The number of allylic oxidation sites excluding steroid dienone is 5. The van der Waals surface area contributed by atoms with Gasteiger partial charge in [-0.3, -0.25) is 0 Å². The Labute approximate surface area is 335 Å². The van der Waals surface area contributed by atoms with Gasteiger partial charge in [-0.1, -0.05) is 141 Å². The number of aromatic nitrogens is 2. The molecule has 0 radical (unpaired) electrons. The Bertz CT molecular complexity index is 2980. The summed E-state index contributed by atoms with van der Waals surface area (Å²) >= 11 is 0. The van der Waals surface area contributed by atoms with Crippen LogP contribution in [0.2, 0.25) is 0 Å². The van der Waals surface area contributed by atoms with Gasteiger partial charge in [0, 0.05) is 38.8 Å². The molecule has 11 rings (SSSR count). The summed E-state index contributed by atoms with van der Waals surface area (Å²) in [5.74, 6) is 1.07. The molecule has 2 heterocycles. The Balaban J connectivity index is 0.838. The predicted octanol–water partition coefficient (Wildman–Crippen LogP) is 14.2. The Morgan fingerprint density at radius 1 is 0.579 bits per heavy atom. The summed E-state index contributed by atoms with van der Waals surface area (Å²) in [6.45, 7) is 4.95. The van der Waals surface area contributed by atoms with Crippen molar-refractivity contribution >= 4 is 56.5 Å². The topological polar surface area (TPSA) is 9.86 Å². The van der Waals surface area contributed by atoms with Crippen molar-refractivity contribution in [1.82, 2.24) is 9.13 Å². The van der Waals surface area contributed by atoms with Crippen molar-refractivity contribution in [2.75, 3.05) is 0 Å². The third-order valence-electron chi connectivity index (χ3n) is 13.2. The summed E-state index contributed by atoms with van der Waals surface area (Å²) in [7, 11) is 0.